The molecule has 1 atom stereocenters. The molecule has 18 heavy (non-hydrogen) atoms. The van der Waals surface area contributed by atoms with Crippen molar-refractivity contribution in [3.8, 4) is 0 Å². The Morgan fingerprint density at radius 3 is 2.56 bits per heavy atom. The van der Waals surface area contributed by atoms with Gasteiger partial charge in [-0.1, -0.05) is 25.7 Å². The van der Waals surface area contributed by atoms with E-state index in [1.54, 1.807) is 11.3 Å². The van der Waals surface area contributed by atoms with Gasteiger partial charge in [0.05, 0.1) is 0 Å². The van der Waals surface area contributed by atoms with Gasteiger partial charge in [-0.25, -0.2) is 0 Å². The van der Waals surface area contributed by atoms with E-state index < -0.39 is 0 Å². The molecule has 0 aromatic carbocycles. The Hall–Kier alpha value is -0.390. The lowest BCUT2D eigenvalue weighted by Crippen LogP contribution is -2.39. The van der Waals surface area contributed by atoms with Crippen LogP contribution in [0.25, 0.3) is 0 Å². The predicted molar refractivity (Wildman–Crippen MR) is 78.6 cm³/mol. The fraction of sp³-hybridized carbons (Fsp3) is 0.615. The van der Waals surface area contributed by atoms with Crippen molar-refractivity contribution in [2.45, 2.75) is 50.6 Å². The fourth-order valence-electron chi connectivity index (χ4n) is 2.47. The van der Waals surface area contributed by atoms with Gasteiger partial charge in [-0.2, -0.15) is 0 Å². The Morgan fingerprint density at radius 1 is 1.39 bits per heavy atom. The van der Waals surface area contributed by atoms with Gasteiger partial charge in [-0.15, -0.1) is 11.3 Å². The monoisotopic (exact) mass is 330 g/mol. The molecular weight excluding hydrogens is 312 g/mol. The molecule has 1 aliphatic rings. The third kappa shape index (κ3) is 3.80. The van der Waals surface area contributed by atoms with Crippen LogP contribution in [0.3, 0.4) is 0 Å². The van der Waals surface area contributed by atoms with Crippen LogP contribution in [0.4, 0.5) is 0 Å². The van der Waals surface area contributed by atoms with Crippen LogP contribution < -0.4 is 11.1 Å². The van der Waals surface area contributed by atoms with E-state index in [1.165, 1.54) is 25.7 Å². The van der Waals surface area contributed by atoms with Gasteiger partial charge < -0.3 is 5.73 Å². The molecule has 100 valence electrons. The van der Waals surface area contributed by atoms with E-state index in [4.69, 9.17) is 5.73 Å². The topological polar surface area (TPSA) is 55.1 Å². The number of primary amides is 1. The van der Waals surface area contributed by atoms with Crippen LogP contribution in [-0.2, 0) is 4.79 Å². The third-order valence-corrected chi connectivity index (χ3v) is 5.17. The zero-order valence-electron chi connectivity index (χ0n) is 10.3. The molecule has 3 nitrogen and oxygen atoms in total. The average molecular weight is 331 g/mol. The molecule has 1 amide bonds. The standard InChI is InChI=1S/C13H19BrN2OS/c14-9-7-11(18-8-9)12(13(15)17)16-10-5-3-1-2-4-6-10/h7-8,10,12,16H,1-6H2,(H2,15,17). The summed E-state index contributed by atoms with van der Waals surface area (Å²) in [5.41, 5.74) is 5.52. The molecule has 1 unspecified atom stereocenters. The zero-order valence-corrected chi connectivity index (χ0v) is 12.7. The van der Waals surface area contributed by atoms with E-state index in [-0.39, 0.29) is 11.9 Å². The van der Waals surface area contributed by atoms with Crippen LogP contribution in [-0.4, -0.2) is 11.9 Å². The van der Waals surface area contributed by atoms with E-state index in [9.17, 15) is 4.79 Å². The third-order valence-electron chi connectivity index (χ3n) is 3.41. The van der Waals surface area contributed by atoms with Gasteiger partial charge in [0, 0.05) is 20.8 Å². The van der Waals surface area contributed by atoms with E-state index in [1.807, 2.05) is 11.4 Å². The first kappa shape index (κ1) is 14.0. The average Bonchev–Trinajstić information content (AvgIpc) is 2.61. The smallest absolute Gasteiger partial charge is 0.240 e. The van der Waals surface area contributed by atoms with Crippen LogP contribution in [0, 0.1) is 0 Å². The largest absolute Gasteiger partial charge is 0.368 e. The summed E-state index contributed by atoms with van der Waals surface area (Å²) in [4.78, 5) is 12.6. The molecule has 1 saturated carbocycles. The van der Waals surface area contributed by atoms with Crippen LogP contribution in [0.1, 0.15) is 49.4 Å². The second-order valence-electron chi connectivity index (χ2n) is 4.86. The highest BCUT2D eigenvalue weighted by molar-refractivity contribution is 9.10. The quantitative estimate of drug-likeness (QED) is 0.832. The first-order valence-electron chi connectivity index (χ1n) is 6.46. The Morgan fingerprint density at radius 2 is 2.06 bits per heavy atom. The van der Waals surface area contributed by atoms with E-state index >= 15 is 0 Å². The number of carbonyl (C=O) groups excluding carboxylic acids is 1. The normalized spacial score (nSPS) is 19.4. The van der Waals surface area contributed by atoms with Crippen LogP contribution in [0.15, 0.2) is 15.9 Å². The van der Waals surface area contributed by atoms with E-state index in [2.05, 4.69) is 21.2 Å². The van der Waals surface area contributed by atoms with E-state index in [0.29, 0.717) is 6.04 Å². The summed E-state index contributed by atoms with van der Waals surface area (Å²) in [5, 5.41) is 5.43. The molecule has 0 saturated heterocycles. The van der Waals surface area contributed by atoms with Crippen molar-refractivity contribution < 1.29 is 4.79 Å². The minimum Gasteiger partial charge on any atom is -0.368 e. The number of carbonyl (C=O) groups is 1. The summed E-state index contributed by atoms with van der Waals surface area (Å²) in [5.74, 6) is -0.284. The van der Waals surface area contributed by atoms with Crippen molar-refractivity contribution in [3.63, 3.8) is 0 Å². The van der Waals surface area contributed by atoms with Crippen molar-refractivity contribution in [2.75, 3.05) is 0 Å². The second kappa shape index (κ2) is 6.68. The maximum atomic E-state index is 11.6. The second-order valence-corrected chi connectivity index (χ2v) is 6.72. The van der Waals surface area contributed by atoms with Gasteiger partial charge >= 0.3 is 0 Å². The molecule has 3 N–H and O–H groups in total. The lowest BCUT2D eigenvalue weighted by Gasteiger charge is -2.22. The maximum Gasteiger partial charge on any atom is 0.240 e. The van der Waals surface area contributed by atoms with Gasteiger partial charge in [0.25, 0.3) is 0 Å². The summed E-state index contributed by atoms with van der Waals surface area (Å²) in [7, 11) is 0. The summed E-state index contributed by atoms with van der Waals surface area (Å²) in [6, 6.07) is 2.05. The SMILES string of the molecule is NC(=O)C(NC1CCCCCC1)c1cc(Br)cs1. The molecular formula is C13H19BrN2OS. The molecule has 0 radical (unpaired) electrons. The first-order valence-corrected chi connectivity index (χ1v) is 8.13. The molecule has 1 aliphatic carbocycles. The zero-order chi connectivity index (χ0) is 13.0. The summed E-state index contributed by atoms with van der Waals surface area (Å²) >= 11 is 4.99. The molecule has 0 bridgehead atoms. The highest BCUT2D eigenvalue weighted by Gasteiger charge is 2.23. The minimum atomic E-state index is -0.343. The van der Waals surface area contributed by atoms with E-state index in [0.717, 1.165) is 22.2 Å². The number of thiophene rings is 1. The van der Waals surface area contributed by atoms with Gasteiger partial charge in [-0.3, -0.25) is 10.1 Å². The number of hydrogen-bond donors (Lipinski definition) is 2. The highest BCUT2D eigenvalue weighted by atomic mass is 79.9. The Labute approximate surface area is 120 Å². The van der Waals surface area contributed by atoms with Crippen molar-refractivity contribution >= 4 is 33.2 Å². The number of nitrogens with one attached hydrogen (secondary N) is 1. The van der Waals surface area contributed by atoms with Crippen molar-refractivity contribution in [2.24, 2.45) is 5.73 Å². The molecule has 0 spiro atoms. The lowest BCUT2D eigenvalue weighted by atomic mass is 10.1. The molecule has 1 fully saturated rings. The lowest BCUT2D eigenvalue weighted by molar-refractivity contribution is -0.120. The molecule has 1 heterocycles. The van der Waals surface area contributed by atoms with Gasteiger partial charge in [0.15, 0.2) is 0 Å². The highest BCUT2D eigenvalue weighted by Crippen LogP contribution is 2.27. The Kier molecular flexibility index (Phi) is 5.21. The van der Waals surface area contributed by atoms with Crippen LogP contribution >= 0.6 is 27.3 Å². The fourth-order valence-corrected chi connectivity index (χ4v) is 3.98. The maximum absolute atomic E-state index is 11.6. The number of halogens is 1. The number of hydrogen-bond acceptors (Lipinski definition) is 3. The van der Waals surface area contributed by atoms with Crippen molar-refractivity contribution in [1.29, 1.82) is 0 Å². The Bertz CT molecular complexity index is 399. The number of nitrogens with two attached hydrogens (primary N) is 1. The summed E-state index contributed by atoms with van der Waals surface area (Å²) < 4.78 is 1.01. The molecule has 1 aromatic heterocycles. The van der Waals surface area contributed by atoms with Crippen LogP contribution in [0.5, 0.6) is 0 Å². The van der Waals surface area contributed by atoms with Crippen LogP contribution in [0.2, 0.25) is 0 Å². The molecule has 5 heteroatoms. The summed E-state index contributed by atoms with van der Waals surface area (Å²) in [6.07, 6.45) is 7.41. The molecule has 2 rings (SSSR count). The number of rotatable bonds is 4. The molecule has 0 aliphatic heterocycles. The number of amides is 1. The van der Waals surface area contributed by atoms with Crippen molar-refractivity contribution in [3.05, 3.63) is 20.8 Å². The minimum absolute atomic E-state index is 0.284. The predicted octanol–water partition coefficient (Wildman–Crippen LogP) is 3.35. The molecule has 1 aromatic rings. The summed E-state index contributed by atoms with van der Waals surface area (Å²) in [6.45, 7) is 0. The van der Waals surface area contributed by atoms with Crippen molar-refractivity contribution in [1.82, 2.24) is 5.32 Å². The first-order chi connectivity index (χ1) is 8.66. The van der Waals surface area contributed by atoms with Gasteiger partial charge in [0.1, 0.15) is 6.04 Å². The van der Waals surface area contributed by atoms with Gasteiger partial charge in [-0.05, 0) is 34.8 Å². The Balaban J connectivity index is 2.04. The van der Waals surface area contributed by atoms with Gasteiger partial charge in [0.2, 0.25) is 5.91 Å².